The first-order chi connectivity index (χ1) is 9.96. The van der Waals surface area contributed by atoms with Crippen molar-refractivity contribution in [2.75, 3.05) is 19.6 Å². The molecule has 1 aliphatic carbocycles. The van der Waals surface area contributed by atoms with Crippen LogP contribution in [0.5, 0.6) is 0 Å². The van der Waals surface area contributed by atoms with Crippen LogP contribution < -0.4 is 5.32 Å². The Balaban J connectivity index is 1.59. The molecule has 0 bridgehead atoms. The minimum Gasteiger partial charge on any atom is -0.314 e. The van der Waals surface area contributed by atoms with E-state index < -0.39 is 10.0 Å². The van der Waals surface area contributed by atoms with E-state index in [4.69, 9.17) is 11.6 Å². The Kier molecular flexibility index (Phi) is 4.98. The maximum atomic E-state index is 12.6. The van der Waals surface area contributed by atoms with Crippen LogP contribution in [-0.2, 0) is 10.0 Å². The van der Waals surface area contributed by atoms with Gasteiger partial charge in [-0.25, -0.2) is 8.42 Å². The molecule has 21 heavy (non-hydrogen) atoms. The third-order valence-corrected chi connectivity index (χ3v) is 8.89. The summed E-state index contributed by atoms with van der Waals surface area (Å²) in [4.78, 5) is 0. The van der Waals surface area contributed by atoms with Gasteiger partial charge in [0.1, 0.15) is 4.21 Å². The van der Waals surface area contributed by atoms with Gasteiger partial charge in [-0.05, 0) is 60.1 Å². The number of nitrogens with zero attached hydrogens (tertiary/aromatic N) is 1. The van der Waals surface area contributed by atoms with Crippen LogP contribution in [0.4, 0.5) is 0 Å². The number of thiophene rings is 1. The zero-order valence-electron chi connectivity index (χ0n) is 11.5. The lowest BCUT2D eigenvalue weighted by atomic mass is 9.98. The van der Waals surface area contributed by atoms with Gasteiger partial charge in [0.15, 0.2) is 0 Å². The molecule has 4 nitrogen and oxygen atoms in total. The normalized spacial score (nSPS) is 21.8. The highest BCUT2D eigenvalue weighted by Gasteiger charge is 2.31. The van der Waals surface area contributed by atoms with E-state index in [-0.39, 0.29) is 0 Å². The van der Waals surface area contributed by atoms with Crippen LogP contribution in [0.25, 0.3) is 0 Å². The Morgan fingerprint density at radius 2 is 2.00 bits per heavy atom. The highest BCUT2D eigenvalue weighted by molar-refractivity contribution is 9.11. The van der Waals surface area contributed by atoms with Gasteiger partial charge in [-0.3, -0.25) is 0 Å². The zero-order chi connectivity index (χ0) is 15.0. The fourth-order valence-electron chi connectivity index (χ4n) is 2.56. The van der Waals surface area contributed by atoms with Gasteiger partial charge in [-0.2, -0.15) is 4.31 Å². The summed E-state index contributed by atoms with van der Waals surface area (Å²) in [6, 6.07) is 2.25. The molecule has 1 saturated carbocycles. The molecule has 3 rings (SSSR count). The molecular formula is C13H18BrClN2O2S2. The molecule has 0 aromatic carbocycles. The monoisotopic (exact) mass is 412 g/mol. The molecule has 1 N–H and O–H groups in total. The molecular weight excluding hydrogens is 396 g/mol. The maximum absolute atomic E-state index is 12.6. The van der Waals surface area contributed by atoms with Crippen LogP contribution in [0.3, 0.4) is 0 Å². The van der Waals surface area contributed by atoms with Crippen molar-refractivity contribution < 1.29 is 8.42 Å². The second kappa shape index (κ2) is 6.45. The van der Waals surface area contributed by atoms with Crippen molar-refractivity contribution in [3.8, 4) is 0 Å². The summed E-state index contributed by atoms with van der Waals surface area (Å²) in [5.41, 5.74) is 0. The Morgan fingerprint density at radius 1 is 1.33 bits per heavy atom. The number of rotatable bonds is 5. The quantitative estimate of drug-likeness (QED) is 0.805. The van der Waals surface area contributed by atoms with Crippen molar-refractivity contribution in [2.45, 2.75) is 35.9 Å². The first-order valence-electron chi connectivity index (χ1n) is 7.15. The SMILES string of the molecule is O=S(=O)(c1cc(Cl)c(Br)s1)N1CCC(CNC2CC2)CC1. The largest absolute Gasteiger partial charge is 0.314 e. The average molecular weight is 414 g/mol. The number of nitrogens with one attached hydrogen (secondary N) is 1. The van der Waals surface area contributed by atoms with Gasteiger partial charge >= 0.3 is 0 Å². The van der Waals surface area contributed by atoms with Gasteiger partial charge in [0, 0.05) is 19.1 Å². The van der Waals surface area contributed by atoms with Crippen LogP contribution in [0.1, 0.15) is 25.7 Å². The van der Waals surface area contributed by atoms with Crippen molar-refractivity contribution in [3.63, 3.8) is 0 Å². The molecule has 0 unspecified atom stereocenters. The molecule has 0 atom stereocenters. The molecule has 2 aliphatic rings. The van der Waals surface area contributed by atoms with Gasteiger partial charge in [0.25, 0.3) is 10.0 Å². The van der Waals surface area contributed by atoms with Crippen LogP contribution in [0, 0.1) is 5.92 Å². The molecule has 1 aromatic rings. The predicted octanol–water partition coefficient (Wildman–Crippen LogP) is 3.32. The molecule has 2 fully saturated rings. The lowest BCUT2D eigenvalue weighted by Gasteiger charge is -2.31. The first-order valence-corrected chi connectivity index (χ1v) is 10.6. The van der Waals surface area contributed by atoms with Gasteiger partial charge in [-0.1, -0.05) is 11.6 Å². The van der Waals surface area contributed by atoms with Crippen LogP contribution in [0.2, 0.25) is 5.02 Å². The summed E-state index contributed by atoms with van der Waals surface area (Å²) < 4.78 is 27.7. The van der Waals surface area contributed by atoms with Gasteiger partial charge in [0.2, 0.25) is 0 Å². The number of sulfonamides is 1. The number of piperidine rings is 1. The van der Waals surface area contributed by atoms with Crippen LogP contribution in [-0.4, -0.2) is 38.4 Å². The predicted molar refractivity (Wildman–Crippen MR) is 89.5 cm³/mol. The van der Waals surface area contributed by atoms with Crippen LogP contribution >= 0.6 is 38.9 Å². The lowest BCUT2D eigenvalue weighted by Crippen LogP contribution is -2.40. The summed E-state index contributed by atoms with van der Waals surface area (Å²) in [6.07, 6.45) is 4.45. The van der Waals surface area contributed by atoms with Crippen molar-refractivity contribution in [1.82, 2.24) is 9.62 Å². The zero-order valence-corrected chi connectivity index (χ0v) is 15.5. The third-order valence-electron chi connectivity index (χ3n) is 4.06. The molecule has 118 valence electrons. The number of hydrogen-bond acceptors (Lipinski definition) is 4. The third kappa shape index (κ3) is 3.82. The molecule has 1 aliphatic heterocycles. The Morgan fingerprint density at radius 3 is 2.52 bits per heavy atom. The van der Waals surface area contributed by atoms with Crippen molar-refractivity contribution in [1.29, 1.82) is 0 Å². The lowest BCUT2D eigenvalue weighted by molar-refractivity contribution is 0.267. The fourth-order valence-corrected chi connectivity index (χ4v) is 6.58. The topological polar surface area (TPSA) is 49.4 Å². The second-order valence-corrected chi connectivity index (χ2v) is 10.7. The Hall–Kier alpha value is 0.340. The van der Waals surface area contributed by atoms with Gasteiger partial charge in [0.05, 0.1) is 8.81 Å². The summed E-state index contributed by atoms with van der Waals surface area (Å²) >= 11 is 10.4. The molecule has 0 amide bonds. The minimum absolute atomic E-state index is 0.328. The fraction of sp³-hybridized carbons (Fsp3) is 0.692. The van der Waals surface area contributed by atoms with Gasteiger partial charge < -0.3 is 5.32 Å². The van der Waals surface area contributed by atoms with Crippen molar-refractivity contribution in [2.24, 2.45) is 5.92 Å². The van der Waals surface area contributed by atoms with E-state index in [2.05, 4.69) is 21.2 Å². The summed E-state index contributed by atoms with van der Waals surface area (Å²) in [6.45, 7) is 2.23. The minimum atomic E-state index is -3.39. The molecule has 1 saturated heterocycles. The van der Waals surface area contributed by atoms with E-state index >= 15 is 0 Å². The summed E-state index contributed by atoms with van der Waals surface area (Å²) in [7, 11) is -3.39. The van der Waals surface area contributed by atoms with E-state index in [1.165, 1.54) is 30.2 Å². The Bertz CT molecular complexity index is 588. The average Bonchev–Trinajstić information content (AvgIpc) is 3.23. The molecule has 0 spiro atoms. The van der Waals surface area contributed by atoms with Crippen LogP contribution in [0.15, 0.2) is 14.1 Å². The molecule has 0 radical (unpaired) electrons. The van der Waals surface area contributed by atoms with E-state index in [0.717, 1.165) is 25.4 Å². The van der Waals surface area contributed by atoms with E-state index in [1.54, 1.807) is 4.31 Å². The smallest absolute Gasteiger partial charge is 0.252 e. The first kappa shape index (κ1) is 16.2. The van der Waals surface area contributed by atoms with Gasteiger partial charge in [-0.15, -0.1) is 11.3 Å². The number of hydrogen-bond donors (Lipinski definition) is 1. The standard InChI is InChI=1S/C13H18BrClN2O2S2/c14-13-11(15)7-12(20-13)21(18,19)17-5-3-9(4-6-17)8-16-10-1-2-10/h7,9-10,16H,1-6,8H2. The highest BCUT2D eigenvalue weighted by atomic mass is 79.9. The highest BCUT2D eigenvalue weighted by Crippen LogP contribution is 2.36. The molecule has 2 heterocycles. The van der Waals surface area contributed by atoms with Crippen molar-refractivity contribution >= 4 is 48.9 Å². The number of halogens is 2. The summed E-state index contributed by atoms with van der Waals surface area (Å²) in [5, 5.41) is 3.99. The van der Waals surface area contributed by atoms with E-state index in [1.807, 2.05) is 0 Å². The van der Waals surface area contributed by atoms with E-state index in [0.29, 0.717) is 32.0 Å². The molecule has 8 heteroatoms. The Labute approximate surface area is 143 Å². The second-order valence-electron chi connectivity index (χ2n) is 5.72. The maximum Gasteiger partial charge on any atom is 0.252 e. The van der Waals surface area contributed by atoms with Crippen molar-refractivity contribution in [3.05, 3.63) is 14.9 Å². The summed E-state index contributed by atoms with van der Waals surface area (Å²) in [5.74, 6) is 0.593. The van der Waals surface area contributed by atoms with E-state index in [9.17, 15) is 8.42 Å². The molecule has 1 aromatic heterocycles.